The molecule has 4 heteroatoms. The van der Waals surface area contributed by atoms with Crippen LogP contribution in [-0.4, -0.2) is 9.97 Å². The Labute approximate surface area is 170 Å². The van der Waals surface area contributed by atoms with E-state index in [0.29, 0.717) is 11.8 Å². The number of hydrogen-bond donors (Lipinski definition) is 0. The van der Waals surface area contributed by atoms with Crippen molar-refractivity contribution < 1.29 is 9.47 Å². The fraction of sp³-hybridized carbons (Fsp3) is 0.120. The van der Waals surface area contributed by atoms with Crippen LogP contribution in [0.1, 0.15) is 25.0 Å². The van der Waals surface area contributed by atoms with Crippen molar-refractivity contribution in [1.29, 1.82) is 0 Å². The summed E-state index contributed by atoms with van der Waals surface area (Å²) in [6, 6.07) is 27.5. The maximum absolute atomic E-state index is 5.79. The van der Waals surface area contributed by atoms with E-state index in [-0.39, 0.29) is 5.41 Å². The van der Waals surface area contributed by atoms with Crippen LogP contribution in [0.2, 0.25) is 0 Å². The van der Waals surface area contributed by atoms with Crippen molar-refractivity contribution in [2.24, 2.45) is 0 Å². The maximum Gasteiger partial charge on any atom is 0.219 e. The molecule has 0 saturated heterocycles. The largest absolute Gasteiger partial charge is 0.439 e. The van der Waals surface area contributed by atoms with E-state index in [1.807, 2.05) is 60.7 Å². The fourth-order valence-corrected chi connectivity index (χ4v) is 3.10. The van der Waals surface area contributed by atoms with Crippen LogP contribution in [0, 0.1) is 0 Å². The monoisotopic (exact) mass is 382 g/mol. The lowest BCUT2D eigenvalue weighted by atomic mass is 9.78. The van der Waals surface area contributed by atoms with Gasteiger partial charge in [0.1, 0.15) is 11.5 Å². The van der Waals surface area contributed by atoms with E-state index in [9.17, 15) is 0 Å². The number of pyridine rings is 2. The zero-order chi connectivity index (χ0) is 20.1. The molecule has 4 aromatic rings. The third kappa shape index (κ3) is 4.43. The number of aromatic nitrogens is 2. The topological polar surface area (TPSA) is 44.2 Å². The molecule has 0 amide bonds. The molecule has 144 valence electrons. The van der Waals surface area contributed by atoms with Gasteiger partial charge in [-0.1, -0.05) is 50.2 Å². The molecule has 0 saturated carbocycles. The summed E-state index contributed by atoms with van der Waals surface area (Å²) in [5.74, 6) is 2.70. The minimum absolute atomic E-state index is 0.160. The summed E-state index contributed by atoms with van der Waals surface area (Å²) in [5, 5.41) is 0. The van der Waals surface area contributed by atoms with E-state index in [0.717, 1.165) is 11.5 Å². The Morgan fingerprint density at radius 1 is 0.552 bits per heavy atom. The summed E-state index contributed by atoms with van der Waals surface area (Å²) >= 11 is 0. The van der Waals surface area contributed by atoms with Crippen LogP contribution >= 0.6 is 0 Å². The smallest absolute Gasteiger partial charge is 0.219 e. The van der Waals surface area contributed by atoms with Gasteiger partial charge in [0.25, 0.3) is 0 Å². The lowest BCUT2D eigenvalue weighted by molar-refractivity contribution is 0.462. The van der Waals surface area contributed by atoms with Gasteiger partial charge in [-0.05, 0) is 47.5 Å². The van der Waals surface area contributed by atoms with Gasteiger partial charge in [0.2, 0.25) is 11.8 Å². The third-order valence-electron chi connectivity index (χ3n) is 4.87. The van der Waals surface area contributed by atoms with Crippen molar-refractivity contribution in [3.8, 4) is 23.3 Å². The summed E-state index contributed by atoms with van der Waals surface area (Å²) in [4.78, 5) is 8.38. The Morgan fingerprint density at radius 3 is 1.31 bits per heavy atom. The first-order chi connectivity index (χ1) is 14.1. The van der Waals surface area contributed by atoms with Crippen molar-refractivity contribution in [3.63, 3.8) is 0 Å². The van der Waals surface area contributed by atoms with Crippen LogP contribution < -0.4 is 9.47 Å². The number of ether oxygens (including phenoxy) is 2. The average Bonchev–Trinajstić information content (AvgIpc) is 2.76. The normalized spacial score (nSPS) is 11.1. The van der Waals surface area contributed by atoms with Crippen molar-refractivity contribution in [1.82, 2.24) is 9.97 Å². The van der Waals surface area contributed by atoms with Gasteiger partial charge in [-0.25, -0.2) is 9.97 Å². The van der Waals surface area contributed by atoms with Crippen LogP contribution in [-0.2, 0) is 5.41 Å². The molecule has 2 aromatic carbocycles. The van der Waals surface area contributed by atoms with E-state index in [2.05, 4.69) is 48.1 Å². The molecule has 0 aliphatic carbocycles. The zero-order valence-corrected chi connectivity index (χ0v) is 16.4. The molecule has 0 bridgehead atoms. The summed E-state index contributed by atoms with van der Waals surface area (Å²) in [7, 11) is 0. The molecule has 0 atom stereocenters. The second kappa shape index (κ2) is 8.15. The second-order valence-electron chi connectivity index (χ2n) is 7.21. The Kier molecular flexibility index (Phi) is 5.25. The minimum atomic E-state index is -0.160. The quantitative estimate of drug-likeness (QED) is 0.388. The van der Waals surface area contributed by atoms with E-state index in [1.165, 1.54) is 11.1 Å². The van der Waals surface area contributed by atoms with Gasteiger partial charge in [-0.3, -0.25) is 0 Å². The Morgan fingerprint density at radius 2 is 0.966 bits per heavy atom. The molecule has 0 aliphatic heterocycles. The van der Waals surface area contributed by atoms with Gasteiger partial charge in [0.05, 0.1) is 0 Å². The molecule has 0 aliphatic rings. The molecular weight excluding hydrogens is 360 g/mol. The molecule has 0 spiro atoms. The summed E-state index contributed by atoms with van der Waals surface area (Å²) in [6.45, 7) is 4.41. The highest BCUT2D eigenvalue weighted by Gasteiger charge is 2.23. The van der Waals surface area contributed by atoms with Crippen molar-refractivity contribution in [2.75, 3.05) is 0 Å². The predicted octanol–water partition coefficient (Wildman–Crippen LogP) is 6.39. The van der Waals surface area contributed by atoms with E-state index in [1.54, 1.807) is 12.4 Å². The first-order valence-electron chi connectivity index (χ1n) is 9.50. The highest BCUT2D eigenvalue weighted by atomic mass is 16.5. The van der Waals surface area contributed by atoms with Crippen LogP contribution in [0.4, 0.5) is 0 Å². The highest BCUT2D eigenvalue weighted by Crippen LogP contribution is 2.34. The average molecular weight is 382 g/mol. The van der Waals surface area contributed by atoms with Crippen LogP contribution in [0.25, 0.3) is 0 Å². The molecule has 4 rings (SSSR count). The predicted molar refractivity (Wildman–Crippen MR) is 114 cm³/mol. The summed E-state index contributed by atoms with van der Waals surface area (Å²) in [6.07, 6.45) is 3.43. The van der Waals surface area contributed by atoms with Crippen molar-refractivity contribution in [3.05, 3.63) is 108 Å². The van der Waals surface area contributed by atoms with E-state index < -0.39 is 0 Å². The summed E-state index contributed by atoms with van der Waals surface area (Å²) in [5.41, 5.74) is 2.24. The van der Waals surface area contributed by atoms with Gasteiger partial charge < -0.3 is 9.47 Å². The standard InChI is InChI=1S/C25H22N2O2/c1-25(2,19-9-13-21(14-10-19)28-23-7-3-5-17-26-23)20-11-15-22(16-12-20)29-24-8-4-6-18-27-24/h3-18H,1-2H3. The lowest BCUT2D eigenvalue weighted by Crippen LogP contribution is -2.18. The van der Waals surface area contributed by atoms with Crippen LogP contribution in [0.5, 0.6) is 23.3 Å². The van der Waals surface area contributed by atoms with E-state index in [4.69, 9.17) is 9.47 Å². The molecule has 4 nitrogen and oxygen atoms in total. The maximum atomic E-state index is 5.79. The molecule has 2 aromatic heterocycles. The van der Waals surface area contributed by atoms with Gasteiger partial charge in [0, 0.05) is 29.9 Å². The number of hydrogen-bond acceptors (Lipinski definition) is 4. The third-order valence-corrected chi connectivity index (χ3v) is 4.87. The molecule has 0 radical (unpaired) electrons. The fourth-order valence-electron chi connectivity index (χ4n) is 3.10. The number of rotatable bonds is 6. The van der Waals surface area contributed by atoms with Crippen molar-refractivity contribution in [2.45, 2.75) is 19.3 Å². The van der Waals surface area contributed by atoms with Gasteiger partial charge in [0.15, 0.2) is 0 Å². The summed E-state index contributed by atoms with van der Waals surface area (Å²) < 4.78 is 11.6. The first-order valence-corrected chi connectivity index (χ1v) is 9.50. The molecule has 2 heterocycles. The lowest BCUT2D eigenvalue weighted by Gasteiger charge is -2.26. The van der Waals surface area contributed by atoms with Crippen LogP contribution in [0.15, 0.2) is 97.3 Å². The van der Waals surface area contributed by atoms with Gasteiger partial charge >= 0.3 is 0 Å². The number of benzene rings is 2. The second-order valence-corrected chi connectivity index (χ2v) is 7.21. The molecule has 0 N–H and O–H groups in total. The Bertz CT molecular complexity index is 958. The molecule has 29 heavy (non-hydrogen) atoms. The van der Waals surface area contributed by atoms with Gasteiger partial charge in [-0.15, -0.1) is 0 Å². The zero-order valence-electron chi connectivity index (χ0n) is 16.4. The van der Waals surface area contributed by atoms with Crippen LogP contribution in [0.3, 0.4) is 0 Å². The van der Waals surface area contributed by atoms with Crippen molar-refractivity contribution >= 4 is 0 Å². The molecular formula is C25H22N2O2. The Balaban J connectivity index is 1.48. The minimum Gasteiger partial charge on any atom is -0.439 e. The highest BCUT2D eigenvalue weighted by molar-refractivity contribution is 5.42. The molecule has 0 fully saturated rings. The van der Waals surface area contributed by atoms with Gasteiger partial charge in [-0.2, -0.15) is 0 Å². The number of nitrogens with zero attached hydrogens (tertiary/aromatic N) is 2. The Hall–Kier alpha value is -3.66. The molecule has 0 unspecified atom stereocenters. The van der Waals surface area contributed by atoms with E-state index >= 15 is 0 Å². The first kappa shape index (κ1) is 18.7. The SMILES string of the molecule is CC(C)(c1ccc(Oc2ccccn2)cc1)c1ccc(Oc2ccccn2)cc1.